The molecule has 0 saturated carbocycles. The summed E-state index contributed by atoms with van der Waals surface area (Å²) < 4.78 is 5.44. The van der Waals surface area contributed by atoms with E-state index in [-0.39, 0.29) is 5.91 Å². The minimum atomic E-state index is -1.89. The number of carbonyl (C=O) groups is 1. The molecule has 0 fully saturated rings. The molecular formula is C11H11InN6OS. The van der Waals surface area contributed by atoms with Gasteiger partial charge in [-0.2, -0.15) is 0 Å². The zero-order chi connectivity index (χ0) is 13.8. The average Bonchev–Trinajstić information content (AvgIpc) is 3.19. The van der Waals surface area contributed by atoms with Gasteiger partial charge in [0.15, 0.2) is 0 Å². The van der Waals surface area contributed by atoms with Crippen LogP contribution in [-0.4, -0.2) is 53.0 Å². The Morgan fingerprint density at radius 3 is 3.20 bits per heavy atom. The number of aromatic nitrogens is 5. The Bertz CT molecular complexity index is 636. The number of H-pyrrole nitrogens is 1. The summed E-state index contributed by atoms with van der Waals surface area (Å²) in [7, 11) is 0. The third-order valence-corrected chi connectivity index (χ3v) is 10.5. The normalized spacial score (nSPS) is 13.6. The Kier molecular flexibility index (Phi) is 4.26. The molecule has 9 heteroatoms. The van der Waals surface area contributed by atoms with Crippen molar-refractivity contribution >= 4 is 43.8 Å². The second-order valence-corrected chi connectivity index (χ2v) is 12.7. The van der Waals surface area contributed by atoms with Gasteiger partial charge < -0.3 is 0 Å². The van der Waals surface area contributed by atoms with E-state index < -0.39 is 21.4 Å². The molecule has 2 N–H and O–H groups in total. The summed E-state index contributed by atoms with van der Waals surface area (Å²) in [6.45, 7) is 0. The summed E-state index contributed by atoms with van der Waals surface area (Å²) in [5.41, 5.74) is 0.758. The Morgan fingerprint density at radius 2 is 2.45 bits per heavy atom. The van der Waals surface area contributed by atoms with Crippen LogP contribution in [0.5, 0.6) is 0 Å². The summed E-state index contributed by atoms with van der Waals surface area (Å²) in [5, 5.41) is 19.1. The molecule has 3 rings (SSSR count). The SMILES string of the molecule is O=C(Nc1nccs1)C1=[CH][In]([CH2]Cc2nn[nH]n2)[CH]=C1. The standard InChI is InChI=1S/C8H6N2OS.C3H5N4.In/c1-3-6(2)7(11)10-8-9-4-5-12-8;1-2-3-4-6-7-5-3;/h1-5H,(H,9,10,11);1-2H2,(H,4,5,6,7);. The van der Waals surface area contributed by atoms with Gasteiger partial charge in [-0.15, -0.1) is 0 Å². The number of tetrazole rings is 1. The Hall–Kier alpha value is -1.48. The summed E-state index contributed by atoms with van der Waals surface area (Å²) in [6.07, 6.45) is 4.42. The molecule has 0 radical (unpaired) electrons. The van der Waals surface area contributed by atoms with E-state index in [4.69, 9.17) is 0 Å². The van der Waals surface area contributed by atoms with Crippen LogP contribution in [0.25, 0.3) is 0 Å². The molecule has 2 aromatic rings. The van der Waals surface area contributed by atoms with Gasteiger partial charge in [-0.25, -0.2) is 0 Å². The van der Waals surface area contributed by atoms with E-state index in [0.29, 0.717) is 5.13 Å². The summed E-state index contributed by atoms with van der Waals surface area (Å²) in [4.78, 5) is 16.1. The van der Waals surface area contributed by atoms with Gasteiger partial charge in [0, 0.05) is 0 Å². The number of carbonyl (C=O) groups excluding carboxylic acids is 1. The molecule has 0 saturated heterocycles. The molecule has 20 heavy (non-hydrogen) atoms. The maximum absolute atomic E-state index is 12.0. The third kappa shape index (κ3) is 3.34. The fourth-order valence-corrected chi connectivity index (χ4v) is 8.86. The number of nitrogens with zero attached hydrogens (tertiary/aromatic N) is 4. The molecule has 0 aliphatic carbocycles. The number of hydrogen-bond donors (Lipinski definition) is 2. The van der Waals surface area contributed by atoms with Crippen LogP contribution in [0.4, 0.5) is 5.13 Å². The molecule has 7 nitrogen and oxygen atoms in total. The van der Waals surface area contributed by atoms with Gasteiger partial charge in [0.05, 0.1) is 0 Å². The zero-order valence-electron chi connectivity index (χ0n) is 10.5. The summed E-state index contributed by atoms with van der Waals surface area (Å²) in [6, 6.07) is 0. The number of nitrogens with one attached hydrogen (secondary N) is 2. The van der Waals surface area contributed by atoms with Crippen LogP contribution in [0.15, 0.2) is 30.9 Å². The van der Waals surface area contributed by atoms with Crippen molar-refractivity contribution in [2.75, 3.05) is 5.32 Å². The van der Waals surface area contributed by atoms with Gasteiger partial charge in [-0.05, 0) is 0 Å². The van der Waals surface area contributed by atoms with Crippen LogP contribution < -0.4 is 5.32 Å². The molecule has 2 aromatic heterocycles. The van der Waals surface area contributed by atoms with Gasteiger partial charge in [0.2, 0.25) is 0 Å². The molecular weight excluding hydrogens is 379 g/mol. The van der Waals surface area contributed by atoms with E-state index in [9.17, 15) is 4.79 Å². The molecule has 0 aromatic carbocycles. The monoisotopic (exact) mass is 390 g/mol. The molecule has 1 aliphatic rings. The first-order valence-corrected chi connectivity index (χ1v) is 13.2. The van der Waals surface area contributed by atoms with Gasteiger partial charge >= 0.3 is 127 Å². The van der Waals surface area contributed by atoms with Crippen molar-refractivity contribution in [3.05, 3.63) is 36.7 Å². The van der Waals surface area contributed by atoms with Crippen molar-refractivity contribution in [2.24, 2.45) is 0 Å². The van der Waals surface area contributed by atoms with Gasteiger partial charge in [-0.3, -0.25) is 0 Å². The molecule has 1 aliphatic heterocycles. The van der Waals surface area contributed by atoms with Crippen LogP contribution >= 0.6 is 11.3 Å². The zero-order valence-corrected chi connectivity index (χ0v) is 14.6. The van der Waals surface area contributed by atoms with E-state index in [1.807, 2.05) is 11.5 Å². The Morgan fingerprint density at radius 1 is 1.50 bits per heavy atom. The molecule has 0 bridgehead atoms. The number of hydrogen-bond acceptors (Lipinski definition) is 6. The van der Waals surface area contributed by atoms with Crippen LogP contribution in [0.2, 0.25) is 4.18 Å². The van der Waals surface area contributed by atoms with Gasteiger partial charge in [0.1, 0.15) is 0 Å². The third-order valence-electron chi connectivity index (χ3n) is 2.92. The van der Waals surface area contributed by atoms with E-state index >= 15 is 0 Å². The van der Waals surface area contributed by atoms with Crippen molar-refractivity contribution in [3.8, 4) is 0 Å². The number of rotatable bonds is 5. The first-order chi connectivity index (χ1) is 9.81. The van der Waals surface area contributed by atoms with Crippen molar-refractivity contribution < 1.29 is 4.79 Å². The van der Waals surface area contributed by atoms with Crippen LogP contribution in [-0.2, 0) is 11.2 Å². The summed E-state index contributed by atoms with van der Waals surface area (Å²) in [5.74, 6) is 0.666. The number of amides is 1. The number of thiazole rings is 1. The van der Waals surface area contributed by atoms with Gasteiger partial charge in [-0.1, -0.05) is 0 Å². The molecule has 3 heterocycles. The topological polar surface area (TPSA) is 96.5 Å². The van der Waals surface area contributed by atoms with E-state index in [2.05, 4.69) is 38.6 Å². The van der Waals surface area contributed by atoms with E-state index in [1.54, 1.807) is 6.20 Å². The number of anilines is 1. The molecule has 100 valence electrons. The van der Waals surface area contributed by atoms with Gasteiger partial charge in [0.25, 0.3) is 0 Å². The molecule has 0 unspecified atom stereocenters. The maximum atomic E-state index is 12.0. The second-order valence-electron chi connectivity index (χ2n) is 4.30. The summed E-state index contributed by atoms with van der Waals surface area (Å²) >= 11 is -0.477. The van der Waals surface area contributed by atoms with E-state index in [1.165, 1.54) is 11.3 Å². The molecule has 0 spiro atoms. The Labute approximate surface area is 126 Å². The predicted octanol–water partition coefficient (Wildman–Crippen LogP) is 0.907. The van der Waals surface area contributed by atoms with Crippen molar-refractivity contribution in [1.82, 2.24) is 25.6 Å². The van der Waals surface area contributed by atoms with E-state index in [0.717, 1.165) is 22.0 Å². The number of aryl methyl sites for hydroxylation is 1. The quantitative estimate of drug-likeness (QED) is 0.791. The second kappa shape index (κ2) is 6.31. The first-order valence-electron chi connectivity index (χ1n) is 6.14. The molecule has 0 atom stereocenters. The first kappa shape index (κ1) is 13.5. The average molecular weight is 390 g/mol. The van der Waals surface area contributed by atoms with Crippen molar-refractivity contribution in [1.29, 1.82) is 0 Å². The van der Waals surface area contributed by atoms with Crippen LogP contribution in [0, 0.1) is 0 Å². The Balaban J connectivity index is 1.55. The minimum absolute atomic E-state index is 0.0741. The molecule has 1 amide bonds. The van der Waals surface area contributed by atoms with Crippen LogP contribution in [0.1, 0.15) is 5.82 Å². The van der Waals surface area contributed by atoms with Crippen molar-refractivity contribution in [2.45, 2.75) is 10.6 Å². The van der Waals surface area contributed by atoms with Crippen LogP contribution in [0.3, 0.4) is 0 Å². The fraction of sp³-hybridized carbons (Fsp3) is 0.182. The van der Waals surface area contributed by atoms with Crippen molar-refractivity contribution in [3.63, 3.8) is 0 Å². The fourth-order valence-electron chi connectivity index (χ4n) is 1.94. The number of aromatic amines is 1. The predicted molar refractivity (Wildman–Crippen MR) is 76.4 cm³/mol.